The first-order valence-electron chi connectivity index (χ1n) is 43.0. The molecule has 0 radical (unpaired) electrons. The second-order valence-electron chi connectivity index (χ2n) is 31.9. The van der Waals surface area contributed by atoms with E-state index in [0.717, 1.165) is 89.1 Å². The van der Waals surface area contributed by atoms with Crippen molar-refractivity contribution >= 4 is 98.2 Å². The summed E-state index contributed by atoms with van der Waals surface area (Å²) in [5.74, 6) is 0.845. The summed E-state index contributed by atoms with van der Waals surface area (Å²) in [5, 5.41) is 46.7. The normalized spacial score (nSPS) is 13.8. The fourth-order valence-electron chi connectivity index (χ4n) is 16.4. The highest BCUT2D eigenvalue weighted by Crippen LogP contribution is 2.52. The van der Waals surface area contributed by atoms with Crippen LogP contribution in [0.4, 0.5) is 27.6 Å². The molecule has 4 aliphatic rings. The largest absolute Gasteiger partial charge is 0.502 e. The van der Waals surface area contributed by atoms with Crippen molar-refractivity contribution in [2.24, 2.45) is 0 Å². The van der Waals surface area contributed by atoms with Gasteiger partial charge in [0.2, 0.25) is 40.7 Å². The molecule has 0 atom stereocenters. The first kappa shape index (κ1) is 98.7. The number of carbonyl (C=O) groups excluding carboxylic acids is 4. The number of furan rings is 3. The molecule has 25 nitrogen and oxygen atoms in total. The fourth-order valence-corrected chi connectivity index (χ4v) is 16.4. The van der Waals surface area contributed by atoms with Gasteiger partial charge in [-0.05, 0) is 320 Å². The Morgan fingerprint density at radius 2 is 0.703 bits per heavy atom. The summed E-state index contributed by atoms with van der Waals surface area (Å²) in [6, 6.07) is 52.6. The van der Waals surface area contributed by atoms with E-state index in [2.05, 4.69) is 39.2 Å². The number of hydroxylamine groups is 1. The van der Waals surface area contributed by atoms with Crippen molar-refractivity contribution in [1.82, 2.24) is 21.0 Å². The number of allylic oxidation sites excluding steroid dienone is 8. The van der Waals surface area contributed by atoms with Crippen LogP contribution in [0.3, 0.4) is 0 Å². The van der Waals surface area contributed by atoms with Crippen molar-refractivity contribution in [3.05, 3.63) is 342 Å². The van der Waals surface area contributed by atoms with Gasteiger partial charge in [0.1, 0.15) is 28.9 Å². The standard InChI is InChI=1S/C27H23F4NO5.C27H24FNO5.C27H24N2O5.C27H27NO5/c1-15-20(9-16-10-23(35-2)26(34)24(11-16)36-3)19-7-6-17(28)12-22(19)21(15)13-25(33)32(27(29,30)31)14-18-5-4-8-37-18;1-16-21(11-17-12-24(32-2)27(31)25(13-17)33-3)20-10-9-18(28)14-23(20)22(16)15-26(30)29-34-19-7-5-4-6-8-19;1-16-21(10-17-11-24(32-3)27(31)25(12-17)33-4)20-8-7-18(28-2)13-23(20)22(16)14-26(30)29-15-19-6-5-9-34-19;1-16-7-8-20-21(11-18-12-24(31-3)27(30)25(13-18)32-4)17(2)22(23(20)10-16)14-26(29)28-15-19-6-5-9-33-19/h4-12,34H,13-14H2,1-3H3;4-14,31H,15H2,1-3H3,(H,29,30);5-13,31H,14-15H2,1,3-4H3,(H,29,30);5-13,30H,14-15H2,1-4H3,(H,28,29)/b20-9-;21-11-;21-10-;21-11-. The van der Waals surface area contributed by atoms with Gasteiger partial charge in [-0.2, -0.15) is 5.48 Å². The first-order valence-corrected chi connectivity index (χ1v) is 43.0. The number of rotatable bonds is 28. The lowest BCUT2D eigenvalue weighted by molar-refractivity contribution is -0.244. The Bertz CT molecular complexity index is 6830. The average molecular weight is 1880 g/mol. The zero-order chi connectivity index (χ0) is 98.9. The van der Waals surface area contributed by atoms with Gasteiger partial charge in [0, 0.05) is 0 Å². The molecule has 138 heavy (non-hydrogen) atoms. The Hall–Kier alpha value is -16.8. The van der Waals surface area contributed by atoms with Gasteiger partial charge in [-0.15, -0.1) is 13.2 Å². The minimum atomic E-state index is -4.94. The molecule has 12 aromatic rings. The lowest BCUT2D eigenvalue weighted by atomic mass is 9.98. The molecule has 7 N–H and O–H groups in total. The summed E-state index contributed by atoms with van der Waals surface area (Å²) < 4.78 is 127. The summed E-state index contributed by atoms with van der Waals surface area (Å²) >= 11 is 0. The number of phenolic OH excluding ortho intramolecular Hbond substituents is 4. The number of aromatic hydroxyl groups is 4. The Kier molecular flexibility index (Phi) is 31.4. The molecular weight excluding hydrogens is 1780 g/mol. The van der Waals surface area contributed by atoms with Crippen LogP contribution in [-0.4, -0.2) is 112 Å². The fraction of sp³-hybridized carbons (Fsp3) is 0.194. The molecule has 3 aromatic heterocycles. The van der Waals surface area contributed by atoms with E-state index in [1.807, 2.05) is 70.2 Å². The number of ether oxygens (including phenoxy) is 8. The number of hydrogen-bond acceptors (Lipinski definition) is 20. The molecule has 9 aromatic carbocycles. The van der Waals surface area contributed by atoms with Gasteiger partial charge in [0.25, 0.3) is 5.91 Å². The van der Waals surface area contributed by atoms with Crippen molar-refractivity contribution in [1.29, 1.82) is 0 Å². The first-order chi connectivity index (χ1) is 66.3. The Morgan fingerprint density at radius 1 is 0.384 bits per heavy atom. The third kappa shape index (κ3) is 22.6. The minimum Gasteiger partial charge on any atom is -0.502 e. The molecule has 30 heteroatoms. The van der Waals surface area contributed by atoms with Crippen LogP contribution in [0.1, 0.15) is 143 Å². The molecular formula is C108H98F5N5O20. The van der Waals surface area contributed by atoms with Crippen LogP contribution >= 0.6 is 0 Å². The molecule has 16 rings (SSSR count). The molecule has 0 aliphatic heterocycles. The summed E-state index contributed by atoms with van der Waals surface area (Å²) in [6.45, 7) is 16.9. The highest BCUT2D eigenvalue weighted by molar-refractivity contribution is 6.12. The van der Waals surface area contributed by atoms with Crippen molar-refractivity contribution in [2.75, 3.05) is 56.9 Å². The van der Waals surface area contributed by atoms with Crippen LogP contribution < -0.4 is 58.8 Å². The van der Waals surface area contributed by atoms with Crippen LogP contribution in [0.15, 0.2) is 242 Å². The van der Waals surface area contributed by atoms with E-state index in [4.69, 9.17) is 62.6 Å². The second kappa shape index (κ2) is 43.9. The molecule has 710 valence electrons. The van der Waals surface area contributed by atoms with Crippen LogP contribution in [-0.2, 0) is 38.8 Å². The third-order valence-electron chi connectivity index (χ3n) is 23.4. The monoisotopic (exact) mass is 1880 g/mol. The lowest BCUT2D eigenvalue weighted by Crippen LogP contribution is -2.42. The summed E-state index contributed by atoms with van der Waals surface area (Å²) in [4.78, 5) is 59.7. The van der Waals surface area contributed by atoms with Crippen molar-refractivity contribution in [3.8, 4) is 74.7 Å². The molecule has 0 unspecified atom stereocenters. The molecule has 4 amide bonds. The van der Waals surface area contributed by atoms with E-state index in [-0.39, 0.29) is 105 Å². The molecule has 0 fully saturated rings. The molecule has 0 saturated carbocycles. The lowest BCUT2D eigenvalue weighted by Gasteiger charge is -2.24. The number of carbonyl (C=O) groups is 4. The zero-order valence-electron chi connectivity index (χ0n) is 77.5. The number of phenols is 4. The van der Waals surface area contributed by atoms with Crippen LogP contribution in [0.5, 0.6) is 74.7 Å². The van der Waals surface area contributed by atoms with Crippen molar-refractivity contribution in [3.63, 3.8) is 0 Å². The highest BCUT2D eigenvalue weighted by Gasteiger charge is 2.43. The molecule has 0 spiro atoms. The summed E-state index contributed by atoms with van der Waals surface area (Å²) in [6.07, 6.45) is 6.86. The van der Waals surface area contributed by atoms with Gasteiger partial charge in [-0.25, -0.2) is 18.5 Å². The van der Waals surface area contributed by atoms with Crippen LogP contribution in [0.2, 0.25) is 0 Å². The van der Waals surface area contributed by atoms with Gasteiger partial charge in [0.15, 0.2) is 57.4 Å². The maximum absolute atomic E-state index is 14.2. The van der Waals surface area contributed by atoms with Crippen molar-refractivity contribution < 1.29 is 118 Å². The second-order valence-corrected chi connectivity index (χ2v) is 31.9. The van der Waals surface area contributed by atoms with Gasteiger partial charge < -0.3 is 87.0 Å². The highest BCUT2D eigenvalue weighted by atomic mass is 19.4. The third-order valence-corrected chi connectivity index (χ3v) is 23.4. The van der Waals surface area contributed by atoms with E-state index in [9.17, 15) is 61.6 Å². The number of alkyl halides is 3. The predicted octanol–water partition coefficient (Wildman–Crippen LogP) is 22.7. The zero-order valence-corrected chi connectivity index (χ0v) is 77.5. The number of aryl methyl sites for hydroxylation is 1. The van der Waals surface area contributed by atoms with Crippen molar-refractivity contribution in [2.45, 2.75) is 86.2 Å². The van der Waals surface area contributed by atoms with Crippen LogP contribution in [0, 0.1) is 25.1 Å². The number of fused-ring (bicyclic) bond motifs is 4. The van der Waals surface area contributed by atoms with E-state index < -0.39 is 31.0 Å². The Balaban J connectivity index is 0.000000155. The topological polar surface area (TPSA) is 315 Å². The van der Waals surface area contributed by atoms with Gasteiger partial charge >= 0.3 is 6.30 Å². The SMILES string of the molecule is COc1cc(/C=C2/C(C)=C(CC(=O)N(Cc3ccco3)C(F)(F)F)c3cc(F)ccc32)cc(OC)c1O.COc1cc(/C=C2/C(C)=C(CC(=O)NCc3ccco3)c3cc(C)ccc32)cc(OC)c1O.COc1cc(/C=C2/C(C)=C(CC(=O)NOc3ccccc3)c3cc(F)ccc32)cc(OC)c1O.[C-]#[N+]c1ccc2c(c1)C(CC(=O)NCc1ccco1)=C(C)/C2=C/c1cc(OC)c(O)c(OC)c1. The van der Waals surface area contributed by atoms with E-state index in [1.54, 1.807) is 129 Å². The molecule has 0 saturated heterocycles. The smallest absolute Gasteiger partial charge is 0.487 e. The van der Waals surface area contributed by atoms with E-state index >= 15 is 0 Å². The van der Waals surface area contributed by atoms with E-state index in [1.165, 1.54) is 106 Å². The summed E-state index contributed by atoms with van der Waals surface area (Å²) in [7, 11) is 11.6. The number of halogens is 5. The number of amides is 4. The molecule has 0 bridgehead atoms. The number of para-hydroxylation sites is 1. The average Bonchev–Trinajstić information content (AvgIpc) is 1.63. The predicted molar refractivity (Wildman–Crippen MR) is 513 cm³/mol. The van der Waals surface area contributed by atoms with E-state index in [0.29, 0.717) is 104 Å². The maximum Gasteiger partial charge on any atom is 0.487 e. The number of methoxy groups -OCH3 is 8. The van der Waals surface area contributed by atoms with Gasteiger partial charge in [0.05, 0.1) is 128 Å². The number of benzene rings is 9. The van der Waals surface area contributed by atoms with Crippen LogP contribution in [0.25, 0.3) is 73.7 Å². The minimum absolute atomic E-state index is 0.00861. The number of hydrogen-bond donors (Lipinski definition) is 7. The number of nitrogens with one attached hydrogen (secondary N) is 3. The summed E-state index contributed by atoms with van der Waals surface area (Å²) in [5.41, 5.74) is 22.7. The maximum atomic E-state index is 14.2. The Morgan fingerprint density at radius 3 is 1.04 bits per heavy atom. The van der Waals surface area contributed by atoms with Gasteiger partial charge in [-0.1, -0.05) is 66.2 Å². The molecule has 4 aliphatic carbocycles. The quantitative estimate of drug-likeness (QED) is 0.0104. The number of nitrogens with zero attached hydrogens (tertiary/aromatic N) is 2. The Labute approximate surface area is 792 Å². The van der Waals surface area contributed by atoms with Gasteiger partial charge in [-0.3, -0.25) is 19.2 Å². The molecule has 3 heterocycles.